The molecule has 37 heavy (non-hydrogen) atoms. The van der Waals surface area contributed by atoms with E-state index in [0.717, 1.165) is 6.92 Å². The van der Waals surface area contributed by atoms with Gasteiger partial charge in [-0.3, -0.25) is 13.9 Å². The van der Waals surface area contributed by atoms with Crippen molar-refractivity contribution >= 4 is 19.5 Å². The number of rotatable bonds is 10. The van der Waals surface area contributed by atoms with Crippen molar-refractivity contribution in [1.82, 2.24) is 14.6 Å². The van der Waals surface area contributed by atoms with Crippen LogP contribution in [-0.2, 0) is 23.4 Å². The maximum Gasteiger partial charge on any atom is 0.459 e. The summed E-state index contributed by atoms with van der Waals surface area (Å²) in [5.41, 5.74) is 1.54. The van der Waals surface area contributed by atoms with Crippen molar-refractivity contribution in [3.05, 3.63) is 52.8 Å². The number of carbonyl (C=O) groups excluding carboxylic acids is 1. The highest BCUT2D eigenvalue weighted by atomic mass is 31.2. The Hall–Kier alpha value is -2.90. The molecule has 2 heterocycles. The van der Waals surface area contributed by atoms with Gasteiger partial charge < -0.3 is 24.8 Å². The third-order valence-electron chi connectivity index (χ3n) is 5.34. The van der Waals surface area contributed by atoms with Crippen molar-refractivity contribution in [3.8, 4) is 5.75 Å². The molecule has 1 aromatic heterocycles. The predicted molar refractivity (Wildman–Crippen MR) is 127 cm³/mol. The number of nitrogens with one attached hydrogen (secondary N) is 1. The number of nitrogens with zero attached hydrogens (tertiary/aromatic N) is 2. The molecule has 12 nitrogen and oxygen atoms in total. The number of aliphatic hydroxyl groups excluding tert-OH is 1. The molecular weight excluding hydrogens is 517 g/mol. The zero-order valence-electron chi connectivity index (χ0n) is 20.5. The maximum absolute atomic E-state index is 15.5. The fourth-order valence-electron chi connectivity index (χ4n) is 3.48. The molecule has 4 N–H and O–H groups in total. The first-order valence-corrected chi connectivity index (χ1v) is 12.8. The number of aliphatic hydroxyl groups is 1. The minimum absolute atomic E-state index is 0.124. The van der Waals surface area contributed by atoms with E-state index in [9.17, 15) is 23.7 Å². The van der Waals surface area contributed by atoms with E-state index in [2.05, 4.69) is 10.1 Å². The van der Waals surface area contributed by atoms with Crippen molar-refractivity contribution in [3.63, 3.8) is 0 Å². The second-order valence-corrected chi connectivity index (χ2v) is 10.5. The lowest BCUT2D eigenvalue weighted by molar-refractivity contribution is -0.149. The number of nitrogen functional groups attached to an aromatic ring is 1. The van der Waals surface area contributed by atoms with Crippen LogP contribution in [0.2, 0.25) is 0 Å². The van der Waals surface area contributed by atoms with Crippen molar-refractivity contribution < 1.29 is 41.8 Å². The van der Waals surface area contributed by atoms with Gasteiger partial charge in [-0.2, -0.15) is 10.1 Å². The van der Waals surface area contributed by atoms with Gasteiger partial charge in [-0.1, -0.05) is 18.2 Å². The highest BCUT2D eigenvalue weighted by Crippen LogP contribution is 2.47. The van der Waals surface area contributed by atoms with E-state index in [0.29, 0.717) is 10.8 Å². The highest BCUT2D eigenvalue weighted by Gasteiger charge is 2.56. The molecule has 0 aliphatic carbocycles. The summed E-state index contributed by atoms with van der Waals surface area (Å²) in [5, 5.41) is 13.0. The molecule has 0 spiro atoms. The Morgan fingerprint density at radius 2 is 2.00 bits per heavy atom. The molecule has 1 aliphatic heterocycles. The normalized spacial score (nSPS) is 26.0. The molecule has 15 heteroatoms. The number of nitrogens with two attached hydrogens (primary N) is 1. The SMILES string of the molecule is CC(C)OC(=O)[C@@H](C)N[P@](=O)(OC[C@H]1O[C@@H](n2cc(F)c(N)nc2=O)[C@](C)(F)[C@@H]1O)Oc1ccccc1. The fourth-order valence-corrected chi connectivity index (χ4v) is 4.98. The van der Waals surface area contributed by atoms with Gasteiger partial charge in [0.15, 0.2) is 23.5 Å². The number of aromatic nitrogens is 2. The first-order chi connectivity index (χ1) is 17.2. The van der Waals surface area contributed by atoms with Crippen molar-refractivity contribution in [1.29, 1.82) is 0 Å². The molecular formula is C22H29F2N4O8P. The van der Waals surface area contributed by atoms with Gasteiger partial charge in [0.2, 0.25) is 0 Å². The van der Waals surface area contributed by atoms with Crippen LogP contribution in [0.4, 0.5) is 14.6 Å². The number of anilines is 1. The van der Waals surface area contributed by atoms with Gasteiger partial charge in [-0.15, -0.1) is 0 Å². The first-order valence-electron chi connectivity index (χ1n) is 11.3. The number of benzene rings is 1. The van der Waals surface area contributed by atoms with Crippen molar-refractivity contribution in [2.45, 2.75) is 63.9 Å². The molecule has 0 amide bonds. The van der Waals surface area contributed by atoms with Crippen LogP contribution in [0.3, 0.4) is 0 Å². The summed E-state index contributed by atoms with van der Waals surface area (Å²) in [7, 11) is -4.35. The lowest BCUT2D eigenvalue weighted by atomic mass is 9.98. The van der Waals surface area contributed by atoms with Crippen molar-refractivity contribution in [2.75, 3.05) is 12.3 Å². The van der Waals surface area contributed by atoms with Gasteiger partial charge in [-0.05, 0) is 39.8 Å². The molecule has 1 fully saturated rings. The van der Waals surface area contributed by atoms with Gasteiger partial charge in [0.1, 0.15) is 24.0 Å². The highest BCUT2D eigenvalue weighted by molar-refractivity contribution is 7.52. The lowest BCUT2D eigenvalue weighted by Gasteiger charge is -2.25. The molecule has 204 valence electrons. The van der Waals surface area contributed by atoms with E-state index in [-0.39, 0.29) is 5.75 Å². The van der Waals surface area contributed by atoms with Crippen LogP contribution in [0, 0.1) is 5.82 Å². The average molecular weight is 546 g/mol. The van der Waals surface area contributed by atoms with Crippen LogP contribution < -0.4 is 21.0 Å². The van der Waals surface area contributed by atoms with Crippen LogP contribution >= 0.6 is 7.75 Å². The van der Waals surface area contributed by atoms with E-state index >= 15 is 4.39 Å². The summed E-state index contributed by atoms with van der Waals surface area (Å²) in [6.45, 7) is 4.88. The zero-order chi connectivity index (χ0) is 27.5. The average Bonchev–Trinajstić information content (AvgIpc) is 3.03. The molecule has 0 bridgehead atoms. The molecule has 2 aromatic rings. The van der Waals surface area contributed by atoms with Gasteiger partial charge in [0.05, 0.1) is 18.9 Å². The van der Waals surface area contributed by atoms with Crippen LogP contribution in [0.1, 0.15) is 33.9 Å². The third-order valence-corrected chi connectivity index (χ3v) is 6.98. The van der Waals surface area contributed by atoms with Gasteiger partial charge >= 0.3 is 19.4 Å². The summed E-state index contributed by atoms with van der Waals surface area (Å²) < 4.78 is 65.0. The Balaban J connectivity index is 1.81. The summed E-state index contributed by atoms with van der Waals surface area (Å²) in [6, 6.07) is 6.73. The minimum atomic E-state index is -4.35. The minimum Gasteiger partial charge on any atom is -0.462 e. The monoisotopic (exact) mass is 546 g/mol. The van der Waals surface area contributed by atoms with Gasteiger partial charge in [0.25, 0.3) is 0 Å². The van der Waals surface area contributed by atoms with E-state index in [4.69, 9.17) is 24.3 Å². The quantitative estimate of drug-likeness (QED) is 0.295. The Bertz CT molecular complexity index is 1210. The fraction of sp³-hybridized carbons (Fsp3) is 0.500. The number of alkyl halides is 1. The third kappa shape index (κ3) is 6.70. The standard InChI is InChI=1S/C22H29F2N4O8P/c1-12(2)34-19(30)13(3)27-37(32,36-14-8-6-5-7-9-14)33-11-16-17(29)22(4,24)20(35-16)28-10-15(23)18(25)26-21(28)31/h5-10,12-13,16-17,20,29H,11H2,1-4H3,(H,27,32)(H2,25,26,31)/t13-,16-,17-,20-,22-,37+/m1/s1. The Morgan fingerprint density at radius 3 is 2.62 bits per heavy atom. The van der Waals surface area contributed by atoms with Crippen LogP contribution in [0.25, 0.3) is 0 Å². The topological polar surface area (TPSA) is 164 Å². The molecule has 0 saturated carbocycles. The summed E-state index contributed by atoms with van der Waals surface area (Å²) in [5.74, 6) is -2.39. The number of halogens is 2. The number of hydrogen-bond donors (Lipinski definition) is 3. The Morgan fingerprint density at radius 1 is 1.35 bits per heavy atom. The number of ether oxygens (including phenoxy) is 2. The number of esters is 1. The predicted octanol–water partition coefficient (Wildman–Crippen LogP) is 2.08. The number of hydrogen-bond acceptors (Lipinski definition) is 10. The molecule has 0 unspecified atom stereocenters. The second-order valence-electron chi connectivity index (χ2n) is 8.82. The van der Waals surface area contributed by atoms with E-state index in [1.54, 1.807) is 32.0 Å². The second kappa shape index (κ2) is 11.2. The van der Waals surface area contributed by atoms with Gasteiger partial charge in [0, 0.05) is 0 Å². The molecule has 3 rings (SSSR count). The van der Waals surface area contributed by atoms with E-state index in [1.807, 2.05) is 0 Å². The van der Waals surface area contributed by atoms with Crippen molar-refractivity contribution in [2.24, 2.45) is 0 Å². The maximum atomic E-state index is 15.5. The van der Waals surface area contributed by atoms with Crippen LogP contribution in [0.15, 0.2) is 41.3 Å². The number of para-hydroxylation sites is 1. The molecule has 1 saturated heterocycles. The van der Waals surface area contributed by atoms with Gasteiger partial charge in [-0.25, -0.2) is 18.1 Å². The molecule has 1 aromatic carbocycles. The first kappa shape index (κ1) is 28.7. The molecule has 6 atom stereocenters. The molecule has 0 radical (unpaired) electrons. The van der Waals surface area contributed by atoms with Crippen LogP contribution in [-0.4, -0.2) is 57.3 Å². The zero-order valence-corrected chi connectivity index (χ0v) is 21.4. The van der Waals surface area contributed by atoms with Crippen LogP contribution in [0.5, 0.6) is 5.75 Å². The smallest absolute Gasteiger partial charge is 0.459 e. The number of carbonyl (C=O) groups is 1. The Kier molecular flexibility index (Phi) is 8.70. The summed E-state index contributed by atoms with van der Waals surface area (Å²) in [6.07, 6.45) is -5.04. The van der Waals surface area contributed by atoms with E-state index in [1.165, 1.54) is 19.1 Å². The lowest BCUT2D eigenvalue weighted by Crippen LogP contribution is -2.43. The largest absolute Gasteiger partial charge is 0.462 e. The van der Waals surface area contributed by atoms with E-state index < -0.39 is 73.9 Å². The summed E-state index contributed by atoms with van der Waals surface area (Å²) in [4.78, 5) is 27.7. The summed E-state index contributed by atoms with van der Waals surface area (Å²) >= 11 is 0. The molecule has 1 aliphatic rings. The Labute approximate surface area is 211 Å².